The number of hydrogen-bond acceptors (Lipinski definition) is 4. The number of carbonyl (C=O) groups excluding carboxylic acids is 1. The molecule has 0 radical (unpaired) electrons. The Morgan fingerprint density at radius 3 is 2.71 bits per heavy atom. The highest BCUT2D eigenvalue weighted by Crippen LogP contribution is 2.26. The van der Waals surface area contributed by atoms with E-state index in [2.05, 4.69) is 20.9 Å². The van der Waals surface area contributed by atoms with Crippen molar-refractivity contribution in [3.8, 4) is 5.75 Å². The molecule has 4 N–H and O–H groups in total. The third kappa shape index (κ3) is 7.39. The molecule has 3 rings (SSSR count). The van der Waals surface area contributed by atoms with E-state index >= 15 is 0 Å². The molecule has 0 aliphatic carbocycles. The number of rotatable bonds is 8. The monoisotopic (exact) mass is 538 g/mol. The minimum Gasteiger partial charge on any atom is -0.492 e. The summed E-state index contributed by atoms with van der Waals surface area (Å²) in [7, 11) is 0. The lowest BCUT2D eigenvalue weighted by atomic mass is 9.96. The molecule has 2 aromatic carbocycles. The number of carbonyl (C=O) groups is 1. The predicted octanol–water partition coefficient (Wildman–Crippen LogP) is 3.03. The van der Waals surface area contributed by atoms with Gasteiger partial charge in [-0.2, -0.15) is 0 Å². The Labute approximate surface area is 200 Å². The molecule has 1 aliphatic heterocycles. The summed E-state index contributed by atoms with van der Waals surface area (Å²) in [6.07, 6.45) is 1.24. The van der Waals surface area contributed by atoms with Crippen LogP contribution in [0.2, 0.25) is 0 Å². The first-order valence-electron chi connectivity index (χ1n) is 10.3. The second kappa shape index (κ2) is 11.9. The third-order valence-corrected chi connectivity index (χ3v) is 4.92. The van der Waals surface area contributed by atoms with Gasteiger partial charge in [-0.3, -0.25) is 4.79 Å². The van der Waals surface area contributed by atoms with Crippen LogP contribution in [0.4, 0.5) is 5.69 Å². The number of aliphatic hydroxyl groups is 1. The van der Waals surface area contributed by atoms with Gasteiger partial charge in [0.25, 0.3) is 0 Å². The van der Waals surface area contributed by atoms with E-state index in [0.717, 1.165) is 35.5 Å². The molecule has 0 aromatic heterocycles. The second-order valence-electron chi connectivity index (χ2n) is 7.48. The summed E-state index contributed by atoms with van der Waals surface area (Å²) in [5.74, 6) is 1.47. The summed E-state index contributed by atoms with van der Waals surface area (Å²) in [5.41, 5.74) is 1.75. The van der Waals surface area contributed by atoms with Crippen LogP contribution in [0.5, 0.6) is 5.75 Å². The second-order valence-corrected chi connectivity index (χ2v) is 7.48. The average molecular weight is 538 g/mol. The first kappa shape index (κ1) is 24.9. The van der Waals surface area contributed by atoms with Gasteiger partial charge in [0, 0.05) is 18.7 Å². The number of aliphatic imine (C=N–C) groups is 1. The smallest absolute Gasteiger partial charge is 0.224 e. The molecule has 2 aromatic rings. The van der Waals surface area contributed by atoms with E-state index in [1.54, 1.807) is 6.92 Å². The molecule has 1 unspecified atom stereocenters. The van der Waals surface area contributed by atoms with Crippen LogP contribution in [-0.2, 0) is 16.8 Å². The van der Waals surface area contributed by atoms with Gasteiger partial charge in [0.15, 0.2) is 5.96 Å². The van der Waals surface area contributed by atoms with Gasteiger partial charge in [-0.15, -0.1) is 24.0 Å². The molecule has 0 saturated carbocycles. The van der Waals surface area contributed by atoms with E-state index in [-0.39, 0.29) is 36.4 Å². The van der Waals surface area contributed by atoms with Crippen LogP contribution in [0.25, 0.3) is 0 Å². The van der Waals surface area contributed by atoms with Crippen LogP contribution in [0.1, 0.15) is 31.4 Å². The maximum atomic E-state index is 11.5. The number of halogens is 1. The third-order valence-electron chi connectivity index (χ3n) is 4.92. The Kier molecular flexibility index (Phi) is 9.57. The van der Waals surface area contributed by atoms with Crippen LogP contribution in [-0.4, -0.2) is 43.2 Å². The van der Waals surface area contributed by atoms with Crippen molar-refractivity contribution in [2.75, 3.05) is 31.6 Å². The molecule has 0 fully saturated rings. The van der Waals surface area contributed by atoms with Gasteiger partial charge in [0.05, 0.1) is 13.1 Å². The summed E-state index contributed by atoms with van der Waals surface area (Å²) in [5, 5.41) is 20.0. The van der Waals surface area contributed by atoms with E-state index in [1.807, 2.05) is 55.5 Å². The van der Waals surface area contributed by atoms with Gasteiger partial charge in [-0.25, -0.2) is 4.99 Å². The van der Waals surface area contributed by atoms with Crippen molar-refractivity contribution in [1.29, 1.82) is 0 Å². The van der Waals surface area contributed by atoms with Gasteiger partial charge >= 0.3 is 0 Å². The molecule has 1 amide bonds. The van der Waals surface area contributed by atoms with E-state index < -0.39 is 5.60 Å². The minimum atomic E-state index is -1.04. The van der Waals surface area contributed by atoms with Gasteiger partial charge < -0.3 is 25.8 Å². The van der Waals surface area contributed by atoms with Crippen LogP contribution < -0.4 is 20.7 Å². The first-order valence-corrected chi connectivity index (χ1v) is 10.3. The SMILES string of the molecule is CCNC(=NCC(C)(O)c1ccccc1)NCCOc1ccc2c(c1)CCC(=O)N2.I. The molecular formula is C23H31IN4O3. The van der Waals surface area contributed by atoms with Crippen molar-refractivity contribution in [2.45, 2.75) is 32.3 Å². The number of nitrogens with one attached hydrogen (secondary N) is 3. The zero-order valence-electron chi connectivity index (χ0n) is 18.0. The van der Waals surface area contributed by atoms with Crippen molar-refractivity contribution >= 4 is 41.5 Å². The summed E-state index contributed by atoms with van der Waals surface area (Å²) < 4.78 is 5.83. The molecule has 0 spiro atoms. The zero-order chi connectivity index (χ0) is 21.4. The number of benzene rings is 2. The summed E-state index contributed by atoms with van der Waals surface area (Å²) >= 11 is 0. The number of guanidine groups is 1. The Morgan fingerprint density at radius 2 is 1.97 bits per heavy atom. The van der Waals surface area contributed by atoms with Crippen LogP contribution >= 0.6 is 24.0 Å². The Hall–Kier alpha value is -2.33. The molecule has 7 nitrogen and oxygen atoms in total. The molecular weight excluding hydrogens is 507 g/mol. The Balaban J connectivity index is 0.00000341. The molecule has 1 heterocycles. The van der Waals surface area contributed by atoms with Crippen molar-refractivity contribution in [2.24, 2.45) is 4.99 Å². The van der Waals surface area contributed by atoms with Gasteiger partial charge in [0.2, 0.25) is 5.91 Å². The standard InChI is InChI=1S/C23H30N4O3.HI/c1-3-24-22(26-16-23(2,29)18-7-5-4-6-8-18)25-13-14-30-19-10-11-20-17(15-19)9-12-21(28)27-20;/h4-8,10-11,15,29H,3,9,12-14,16H2,1-2H3,(H,27,28)(H2,24,25,26);1H. The highest BCUT2D eigenvalue weighted by Gasteiger charge is 2.22. The van der Waals surface area contributed by atoms with Crippen molar-refractivity contribution < 1.29 is 14.6 Å². The highest BCUT2D eigenvalue weighted by molar-refractivity contribution is 14.0. The van der Waals surface area contributed by atoms with E-state index in [0.29, 0.717) is 25.5 Å². The van der Waals surface area contributed by atoms with Crippen LogP contribution in [0, 0.1) is 0 Å². The number of amides is 1. The van der Waals surface area contributed by atoms with Crippen molar-refractivity contribution in [3.05, 3.63) is 59.7 Å². The molecule has 0 bridgehead atoms. The number of ether oxygens (including phenoxy) is 1. The van der Waals surface area contributed by atoms with E-state index in [9.17, 15) is 9.90 Å². The van der Waals surface area contributed by atoms with Gasteiger partial charge in [-0.1, -0.05) is 30.3 Å². The average Bonchev–Trinajstić information content (AvgIpc) is 2.75. The molecule has 168 valence electrons. The summed E-state index contributed by atoms with van der Waals surface area (Å²) in [6, 6.07) is 15.2. The predicted molar refractivity (Wildman–Crippen MR) is 134 cm³/mol. The van der Waals surface area contributed by atoms with Gasteiger partial charge in [0.1, 0.15) is 18.0 Å². The van der Waals surface area contributed by atoms with Crippen molar-refractivity contribution in [1.82, 2.24) is 10.6 Å². The zero-order valence-corrected chi connectivity index (χ0v) is 20.3. The van der Waals surface area contributed by atoms with E-state index in [4.69, 9.17) is 4.74 Å². The maximum Gasteiger partial charge on any atom is 0.224 e. The fraction of sp³-hybridized carbons (Fsp3) is 0.391. The molecule has 1 atom stereocenters. The van der Waals surface area contributed by atoms with Gasteiger partial charge in [-0.05, 0) is 49.6 Å². The quantitative estimate of drug-likeness (QED) is 0.180. The summed E-state index contributed by atoms with van der Waals surface area (Å²) in [6.45, 7) is 5.74. The Morgan fingerprint density at radius 1 is 1.19 bits per heavy atom. The first-order chi connectivity index (χ1) is 14.5. The summed E-state index contributed by atoms with van der Waals surface area (Å²) in [4.78, 5) is 16.0. The fourth-order valence-electron chi connectivity index (χ4n) is 3.25. The van der Waals surface area contributed by atoms with Crippen LogP contribution in [0.15, 0.2) is 53.5 Å². The molecule has 8 heteroatoms. The normalized spacial score (nSPS) is 15.1. The topological polar surface area (TPSA) is 95.0 Å². The van der Waals surface area contributed by atoms with E-state index in [1.165, 1.54) is 0 Å². The number of nitrogens with zero attached hydrogens (tertiary/aromatic N) is 1. The number of fused-ring (bicyclic) bond motifs is 1. The molecule has 0 saturated heterocycles. The molecule has 31 heavy (non-hydrogen) atoms. The lowest BCUT2D eigenvalue weighted by molar-refractivity contribution is -0.116. The minimum absolute atomic E-state index is 0. The number of aryl methyl sites for hydroxylation is 1. The molecule has 1 aliphatic rings. The highest BCUT2D eigenvalue weighted by atomic mass is 127. The number of hydrogen-bond donors (Lipinski definition) is 4. The van der Waals surface area contributed by atoms with Crippen molar-refractivity contribution in [3.63, 3.8) is 0 Å². The fourth-order valence-corrected chi connectivity index (χ4v) is 3.25. The number of anilines is 1. The largest absolute Gasteiger partial charge is 0.492 e. The Bertz CT molecular complexity index is 888. The lowest BCUT2D eigenvalue weighted by Crippen LogP contribution is -2.40. The lowest BCUT2D eigenvalue weighted by Gasteiger charge is -2.22. The maximum absolute atomic E-state index is 11.5. The van der Waals surface area contributed by atoms with Crippen LogP contribution in [0.3, 0.4) is 0 Å².